The quantitative estimate of drug-likeness (QED) is 0.823. The molecule has 0 aliphatic carbocycles. The van der Waals surface area contributed by atoms with E-state index in [-0.39, 0.29) is 6.10 Å². The van der Waals surface area contributed by atoms with Gasteiger partial charge < -0.3 is 10.5 Å². The van der Waals surface area contributed by atoms with E-state index in [4.69, 9.17) is 10.5 Å². The van der Waals surface area contributed by atoms with E-state index in [0.717, 1.165) is 0 Å². The van der Waals surface area contributed by atoms with Crippen molar-refractivity contribution in [3.8, 4) is 11.4 Å². The maximum atomic E-state index is 13.8. The fourth-order valence-electron chi connectivity index (χ4n) is 1.55. The lowest BCUT2D eigenvalue weighted by Crippen LogP contribution is -2.17. The number of methoxy groups -OCH3 is 1. The van der Waals surface area contributed by atoms with Crippen molar-refractivity contribution in [2.75, 3.05) is 12.8 Å². The van der Waals surface area contributed by atoms with E-state index in [1.807, 2.05) is 6.92 Å². The zero-order valence-electron chi connectivity index (χ0n) is 10.2. The Morgan fingerprint density at radius 3 is 2.94 bits per heavy atom. The Morgan fingerprint density at radius 2 is 2.28 bits per heavy atom. The highest BCUT2D eigenvalue weighted by molar-refractivity contribution is 5.59. The van der Waals surface area contributed by atoms with Crippen LogP contribution in [0.4, 0.5) is 10.1 Å². The van der Waals surface area contributed by atoms with Crippen molar-refractivity contribution in [2.45, 2.75) is 19.6 Å². The third kappa shape index (κ3) is 2.45. The number of halogens is 1. The second-order valence-electron chi connectivity index (χ2n) is 3.97. The average molecular weight is 251 g/mol. The first kappa shape index (κ1) is 12.4. The fourth-order valence-corrected chi connectivity index (χ4v) is 1.55. The van der Waals surface area contributed by atoms with Gasteiger partial charge in [-0.3, -0.25) is 0 Å². The van der Waals surface area contributed by atoms with Gasteiger partial charge in [0, 0.05) is 12.8 Å². The van der Waals surface area contributed by atoms with Crippen molar-refractivity contribution in [1.82, 2.24) is 20.2 Å². The molecule has 2 rings (SSSR count). The van der Waals surface area contributed by atoms with E-state index in [1.165, 1.54) is 10.7 Å². The van der Waals surface area contributed by atoms with Gasteiger partial charge in [0.05, 0.1) is 18.2 Å². The van der Waals surface area contributed by atoms with Gasteiger partial charge in [-0.25, -0.2) is 9.07 Å². The van der Waals surface area contributed by atoms with Crippen LogP contribution in [0.5, 0.6) is 0 Å². The van der Waals surface area contributed by atoms with Gasteiger partial charge in [0.1, 0.15) is 5.82 Å². The number of hydrogen-bond donors (Lipinski definition) is 1. The summed E-state index contributed by atoms with van der Waals surface area (Å²) < 4.78 is 20.4. The molecule has 1 aromatic heterocycles. The number of benzene rings is 1. The predicted octanol–water partition coefficient (Wildman–Crippen LogP) is 1.10. The molecule has 1 unspecified atom stereocenters. The molecule has 0 saturated carbocycles. The highest BCUT2D eigenvalue weighted by atomic mass is 19.1. The number of nitrogens with two attached hydrogens (primary N) is 1. The van der Waals surface area contributed by atoms with Crippen LogP contribution in [0.3, 0.4) is 0 Å². The molecule has 2 N–H and O–H groups in total. The van der Waals surface area contributed by atoms with Crippen LogP contribution in [0.1, 0.15) is 6.92 Å². The zero-order valence-corrected chi connectivity index (χ0v) is 10.2. The minimum absolute atomic E-state index is 0.0657. The molecule has 7 heteroatoms. The molecule has 6 nitrogen and oxygen atoms in total. The van der Waals surface area contributed by atoms with E-state index in [2.05, 4.69) is 15.5 Å². The minimum Gasteiger partial charge on any atom is -0.399 e. The number of nitrogen functional groups attached to an aromatic ring is 1. The van der Waals surface area contributed by atoms with Crippen LogP contribution in [-0.4, -0.2) is 33.4 Å². The monoisotopic (exact) mass is 251 g/mol. The summed E-state index contributed by atoms with van der Waals surface area (Å²) >= 11 is 0. The smallest absolute Gasteiger partial charge is 0.185 e. The lowest BCUT2D eigenvalue weighted by Gasteiger charge is -2.10. The first-order chi connectivity index (χ1) is 8.61. The van der Waals surface area contributed by atoms with Crippen LogP contribution < -0.4 is 5.73 Å². The van der Waals surface area contributed by atoms with Gasteiger partial charge in [-0.1, -0.05) is 0 Å². The zero-order chi connectivity index (χ0) is 13.1. The normalized spacial score (nSPS) is 12.6. The SMILES string of the molecule is COC(C)Cn1nnnc1-c1ccc(N)cc1F. The Kier molecular flexibility index (Phi) is 3.52. The van der Waals surface area contributed by atoms with Crippen LogP contribution in [0, 0.1) is 5.82 Å². The number of anilines is 1. The van der Waals surface area contributed by atoms with Gasteiger partial charge in [0.25, 0.3) is 0 Å². The second-order valence-corrected chi connectivity index (χ2v) is 3.97. The van der Waals surface area contributed by atoms with Crippen molar-refractivity contribution >= 4 is 5.69 Å². The van der Waals surface area contributed by atoms with Crippen LogP contribution in [0.25, 0.3) is 11.4 Å². The van der Waals surface area contributed by atoms with Crippen LogP contribution >= 0.6 is 0 Å². The number of hydrogen-bond acceptors (Lipinski definition) is 5. The topological polar surface area (TPSA) is 78.8 Å². The van der Waals surface area contributed by atoms with E-state index in [9.17, 15) is 4.39 Å². The molecule has 0 radical (unpaired) electrons. The molecule has 96 valence electrons. The second kappa shape index (κ2) is 5.09. The summed E-state index contributed by atoms with van der Waals surface area (Å²) in [6.45, 7) is 2.33. The Bertz CT molecular complexity index is 542. The maximum absolute atomic E-state index is 13.8. The first-order valence-corrected chi connectivity index (χ1v) is 5.46. The number of ether oxygens (including phenoxy) is 1. The summed E-state index contributed by atoms with van der Waals surface area (Å²) in [6, 6.07) is 4.41. The van der Waals surface area contributed by atoms with Gasteiger partial charge in [-0.15, -0.1) is 5.10 Å². The number of rotatable bonds is 4. The lowest BCUT2D eigenvalue weighted by molar-refractivity contribution is 0.0997. The summed E-state index contributed by atoms with van der Waals surface area (Å²) in [5.74, 6) is -0.0903. The molecule has 0 saturated heterocycles. The molecule has 0 aliphatic rings. The molecular weight excluding hydrogens is 237 g/mol. The summed E-state index contributed by atoms with van der Waals surface area (Å²) in [5, 5.41) is 11.2. The van der Waals surface area contributed by atoms with Gasteiger partial charge >= 0.3 is 0 Å². The summed E-state index contributed by atoms with van der Waals surface area (Å²) in [5.41, 5.74) is 6.18. The standard InChI is InChI=1S/C11H14FN5O/c1-7(18-2)6-17-11(14-15-16-17)9-4-3-8(13)5-10(9)12/h3-5,7H,6,13H2,1-2H3. The lowest BCUT2D eigenvalue weighted by atomic mass is 10.2. The molecule has 18 heavy (non-hydrogen) atoms. The van der Waals surface area contributed by atoms with E-state index in [1.54, 1.807) is 19.2 Å². The first-order valence-electron chi connectivity index (χ1n) is 5.46. The van der Waals surface area contributed by atoms with Crippen molar-refractivity contribution in [2.24, 2.45) is 0 Å². The largest absolute Gasteiger partial charge is 0.399 e. The van der Waals surface area contributed by atoms with E-state index >= 15 is 0 Å². The highest BCUT2D eigenvalue weighted by Gasteiger charge is 2.15. The summed E-state index contributed by atoms with van der Waals surface area (Å²) in [6.07, 6.45) is -0.0657. The summed E-state index contributed by atoms with van der Waals surface area (Å²) in [4.78, 5) is 0. The van der Waals surface area contributed by atoms with Crippen LogP contribution in [0.15, 0.2) is 18.2 Å². The van der Waals surface area contributed by atoms with Gasteiger partial charge in [0.2, 0.25) is 0 Å². The third-order valence-electron chi connectivity index (χ3n) is 2.60. The van der Waals surface area contributed by atoms with Crippen molar-refractivity contribution in [3.05, 3.63) is 24.0 Å². The van der Waals surface area contributed by atoms with Crippen LogP contribution in [-0.2, 0) is 11.3 Å². The molecule has 0 amide bonds. The van der Waals surface area contributed by atoms with Crippen molar-refractivity contribution in [3.63, 3.8) is 0 Å². The predicted molar refractivity (Wildman–Crippen MR) is 64.1 cm³/mol. The molecular formula is C11H14FN5O. The molecule has 0 bridgehead atoms. The van der Waals surface area contributed by atoms with Crippen molar-refractivity contribution in [1.29, 1.82) is 0 Å². The molecule has 1 aromatic carbocycles. The molecule has 2 aromatic rings. The molecule has 1 atom stereocenters. The highest BCUT2D eigenvalue weighted by Crippen LogP contribution is 2.22. The van der Waals surface area contributed by atoms with Gasteiger partial charge in [-0.2, -0.15) is 0 Å². The summed E-state index contributed by atoms with van der Waals surface area (Å²) in [7, 11) is 1.60. The van der Waals surface area contributed by atoms with Gasteiger partial charge in [-0.05, 0) is 35.5 Å². The Balaban J connectivity index is 2.36. The molecule has 0 fully saturated rings. The average Bonchev–Trinajstić information content (AvgIpc) is 2.77. The maximum Gasteiger partial charge on any atom is 0.185 e. The number of tetrazole rings is 1. The molecule has 1 heterocycles. The van der Waals surface area contributed by atoms with E-state index in [0.29, 0.717) is 23.6 Å². The number of nitrogens with zero attached hydrogens (tertiary/aromatic N) is 4. The Morgan fingerprint density at radius 1 is 1.50 bits per heavy atom. The van der Waals surface area contributed by atoms with E-state index < -0.39 is 5.82 Å². The Hall–Kier alpha value is -2.02. The Labute approximate surface area is 104 Å². The van der Waals surface area contributed by atoms with Crippen molar-refractivity contribution < 1.29 is 9.13 Å². The van der Waals surface area contributed by atoms with Crippen LogP contribution in [0.2, 0.25) is 0 Å². The molecule has 0 aliphatic heterocycles. The number of aromatic nitrogens is 4. The third-order valence-corrected chi connectivity index (χ3v) is 2.60. The minimum atomic E-state index is -0.448. The fraction of sp³-hybridized carbons (Fsp3) is 0.364. The molecule has 0 spiro atoms. The van der Waals surface area contributed by atoms with Gasteiger partial charge in [0.15, 0.2) is 5.82 Å².